The molecule has 2 unspecified atom stereocenters. The standard InChI is InChI=1S/C12H18N2O2/c1-11(2,13-8-15)10-6-4-5-7-12(10,3)14-9-16/h10H,4-7H2,1-3H3. The largest absolute Gasteiger partial charge is 0.235 e. The summed E-state index contributed by atoms with van der Waals surface area (Å²) in [6.45, 7) is 5.74. The minimum atomic E-state index is -0.517. The summed E-state index contributed by atoms with van der Waals surface area (Å²) in [6, 6.07) is 0. The van der Waals surface area contributed by atoms with E-state index in [2.05, 4.69) is 9.98 Å². The zero-order valence-electron chi connectivity index (χ0n) is 10.1. The third kappa shape index (κ3) is 2.46. The van der Waals surface area contributed by atoms with Crippen LogP contribution in [0.25, 0.3) is 0 Å². The zero-order chi connectivity index (χ0) is 12.2. The summed E-state index contributed by atoms with van der Waals surface area (Å²) in [5, 5.41) is 0. The fourth-order valence-electron chi connectivity index (χ4n) is 2.86. The average Bonchev–Trinajstić information content (AvgIpc) is 2.17. The van der Waals surface area contributed by atoms with Crippen molar-refractivity contribution in [3.05, 3.63) is 0 Å². The molecule has 1 fully saturated rings. The first-order valence-electron chi connectivity index (χ1n) is 5.64. The Morgan fingerprint density at radius 3 is 2.50 bits per heavy atom. The maximum atomic E-state index is 10.5. The van der Waals surface area contributed by atoms with Gasteiger partial charge in [0.15, 0.2) is 0 Å². The van der Waals surface area contributed by atoms with E-state index < -0.39 is 11.1 Å². The molecule has 1 rings (SSSR count). The summed E-state index contributed by atoms with van der Waals surface area (Å²) in [5.74, 6) is 0.0941. The molecule has 0 spiro atoms. The second-order valence-electron chi connectivity index (χ2n) is 5.22. The lowest BCUT2D eigenvalue weighted by molar-refractivity contribution is 0.138. The summed E-state index contributed by atoms with van der Waals surface area (Å²) in [4.78, 5) is 28.8. The van der Waals surface area contributed by atoms with Crippen LogP contribution in [0.2, 0.25) is 0 Å². The molecule has 0 aromatic rings. The van der Waals surface area contributed by atoms with Crippen LogP contribution in [0.1, 0.15) is 46.5 Å². The first-order valence-corrected chi connectivity index (χ1v) is 5.64. The first kappa shape index (κ1) is 12.8. The Morgan fingerprint density at radius 1 is 1.25 bits per heavy atom. The topological polar surface area (TPSA) is 58.9 Å². The van der Waals surface area contributed by atoms with Crippen molar-refractivity contribution >= 4 is 12.2 Å². The minimum Gasteiger partial charge on any atom is -0.211 e. The molecule has 0 radical (unpaired) electrons. The predicted molar refractivity (Wildman–Crippen MR) is 60.7 cm³/mol. The molecule has 0 aromatic heterocycles. The smallest absolute Gasteiger partial charge is 0.211 e. The van der Waals surface area contributed by atoms with E-state index in [9.17, 15) is 9.59 Å². The molecule has 4 nitrogen and oxygen atoms in total. The van der Waals surface area contributed by atoms with Crippen molar-refractivity contribution in [1.82, 2.24) is 0 Å². The molecule has 0 N–H and O–H groups in total. The van der Waals surface area contributed by atoms with Crippen LogP contribution in [0.5, 0.6) is 0 Å². The van der Waals surface area contributed by atoms with E-state index in [1.807, 2.05) is 20.8 Å². The van der Waals surface area contributed by atoms with Crippen molar-refractivity contribution in [3.63, 3.8) is 0 Å². The molecule has 4 heteroatoms. The van der Waals surface area contributed by atoms with Crippen LogP contribution in [0.3, 0.4) is 0 Å². The molecule has 88 valence electrons. The lowest BCUT2D eigenvalue weighted by atomic mass is 9.66. The van der Waals surface area contributed by atoms with E-state index in [1.54, 1.807) is 12.2 Å². The maximum absolute atomic E-state index is 10.5. The zero-order valence-corrected chi connectivity index (χ0v) is 10.1. The van der Waals surface area contributed by atoms with Crippen LogP contribution in [0.15, 0.2) is 9.98 Å². The van der Waals surface area contributed by atoms with Gasteiger partial charge in [-0.25, -0.2) is 9.59 Å². The minimum absolute atomic E-state index is 0.0941. The van der Waals surface area contributed by atoms with Gasteiger partial charge in [-0.2, -0.15) is 9.98 Å². The lowest BCUT2D eigenvalue weighted by Gasteiger charge is -2.43. The number of rotatable bonds is 3. The molecule has 2 atom stereocenters. The summed E-state index contributed by atoms with van der Waals surface area (Å²) in [5.41, 5.74) is -0.957. The SMILES string of the molecule is CC(C)(N=C=O)C1CCCCC1(C)N=C=O. The molecule has 0 bridgehead atoms. The van der Waals surface area contributed by atoms with E-state index in [-0.39, 0.29) is 5.92 Å². The van der Waals surface area contributed by atoms with Gasteiger partial charge in [-0.3, -0.25) is 0 Å². The Bertz CT molecular complexity index is 352. The summed E-state index contributed by atoms with van der Waals surface area (Å²) >= 11 is 0. The number of aliphatic imine (C=N–C) groups is 2. The highest BCUT2D eigenvalue weighted by Crippen LogP contribution is 2.43. The summed E-state index contributed by atoms with van der Waals surface area (Å²) in [6.07, 6.45) is 7.20. The molecule has 16 heavy (non-hydrogen) atoms. The Morgan fingerprint density at radius 2 is 1.94 bits per heavy atom. The normalized spacial score (nSPS) is 30.1. The fraction of sp³-hybridized carbons (Fsp3) is 0.833. The fourth-order valence-corrected chi connectivity index (χ4v) is 2.86. The van der Waals surface area contributed by atoms with E-state index in [0.29, 0.717) is 0 Å². The molecular formula is C12H18N2O2. The van der Waals surface area contributed by atoms with Crippen LogP contribution in [-0.2, 0) is 9.59 Å². The van der Waals surface area contributed by atoms with Gasteiger partial charge in [-0.1, -0.05) is 12.8 Å². The van der Waals surface area contributed by atoms with Crippen molar-refractivity contribution in [2.24, 2.45) is 15.9 Å². The molecule has 0 amide bonds. The predicted octanol–water partition coefficient (Wildman–Crippen LogP) is 2.39. The van der Waals surface area contributed by atoms with Gasteiger partial charge in [0, 0.05) is 5.92 Å². The quantitative estimate of drug-likeness (QED) is 0.543. The number of hydrogen-bond donors (Lipinski definition) is 0. The second kappa shape index (κ2) is 4.73. The third-order valence-corrected chi connectivity index (χ3v) is 3.66. The van der Waals surface area contributed by atoms with E-state index in [1.165, 1.54) is 0 Å². The molecule has 0 aliphatic heterocycles. The molecule has 1 saturated carbocycles. The van der Waals surface area contributed by atoms with Gasteiger partial charge >= 0.3 is 0 Å². The van der Waals surface area contributed by atoms with E-state index >= 15 is 0 Å². The van der Waals surface area contributed by atoms with Crippen molar-refractivity contribution < 1.29 is 9.59 Å². The maximum Gasteiger partial charge on any atom is 0.235 e. The van der Waals surface area contributed by atoms with Gasteiger partial charge in [0.25, 0.3) is 0 Å². The number of nitrogens with zero attached hydrogens (tertiary/aromatic N) is 2. The summed E-state index contributed by atoms with van der Waals surface area (Å²) in [7, 11) is 0. The average molecular weight is 222 g/mol. The molecular weight excluding hydrogens is 204 g/mol. The lowest BCUT2D eigenvalue weighted by Crippen LogP contribution is -2.47. The first-order chi connectivity index (χ1) is 7.46. The number of carbonyl (C=O) groups excluding carboxylic acids is 2. The van der Waals surface area contributed by atoms with Crippen LogP contribution in [0.4, 0.5) is 0 Å². The van der Waals surface area contributed by atoms with E-state index in [4.69, 9.17) is 0 Å². The molecule has 1 aliphatic rings. The Kier molecular flexibility index (Phi) is 3.79. The van der Waals surface area contributed by atoms with Gasteiger partial charge in [0.2, 0.25) is 12.2 Å². The van der Waals surface area contributed by atoms with Gasteiger partial charge in [-0.15, -0.1) is 0 Å². The molecule has 1 aliphatic carbocycles. The Labute approximate surface area is 95.9 Å². The van der Waals surface area contributed by atoms with Crippen molar-refractivity contribution in [3.8, 4) is 0 Å². The van der Waals surface area contributed by atoms with Crippen molar-refractivity contribution in [1.29, 1.82) is 0 Å². The highest BCUT2D eigenvalue weighted by atomic mass is 16.1. The van der Waals surface area contributed by atoms with E-state index in [0.717, 1.165) is 25.7 Å². The Hall–Kier alpha value is -1.24. The molecule has 0 aromatic carbocycles. The second-order valence-corrected chi connectivity index (χ2v) is 5.22. The van der Waals surface area contributed by atoms with Gasteiger partial charge < -0.3 is 0 Å². The van der Waals surface area contributed by atoms with Gasteiger partial charge in [-0.05, 0) is 33.6 Å². The Balaban J connectivity index is 3.07. The van der Waals surface area contributed by atoms with Crippen LogP contribution in [0, 0.1) is 5.92 Å². The van der Waals surface area contributed by atoms with Crippen LogP contribution < -0.4 is 0 Å². The van der Waals surface area contributed by atoms with Crippen LogP contribution >= 0.6 is 0 Å². The summed E-state index contributed by atoms with van der Waals surface area (Å²) < 4.78 is 0. The van der Waals surface area contributed by atoms with Crippen molar-refractivity contribution in [2.45, 2.75) is 57.5 Å². The molecule has 0 saturated heterocycles. The monoisotopic (exact) mass is 222 g/mol. The van der Waals surface area contributed by atoms with Crippen molar-refractivity contribution in [2.75, 3.05) is 0 Å². The molecule has 0 heterocycles. The highest BCUT2D eigenvalue weighted by Gasteiger charge is 2.45. The van der Waals surface area contributed by atoms with Gasteiger partial charge in [0.1, 0.15) is 0 Å². The number of isocyanates is 2. The third-order valence-electron chi connectivity index (χ3n) is 3.66. The van der Waals surface area contributed by atoms with Crippen LogP contribution in [-0.4, -0.2) is 23.2 Å². The highest BCUT2D eigenvalue weighted by molar-refractivity contribution is 5.37. The number of hydrogen-bond acceptors (Lipinski definition) is 4. The van der Waals surface area contributed by atoms with Gasteiger partial charge in [0.05, 0.1) is 11.1 Å².